The van der Waals surface area contributed by atoms with Crippen LogP contribution < -0.4 is 5.32 Å². The number of hydrogen-bond acceptors (Lipinski definition) is 2. The molecular weight excluding hydrogens is 219 g/mol. The number of rotatable bonds is 5. The van der Waals surface area contributed by atoms with Gasteiger partial charge < -0.3 is 10.4 Å². The van der Waals surface area contributed by atoms with Gasteiger partial charge in [0.2, 0.25) is 0 Å². The molecule has 0 aliphatic carbocycles. The van der Waals surface area contributed by atoms with Gasteiger partial charge in [-0.25, -0.2) is 13.2 Å². The molecule has 0 aliphatic heterocycles. The minimum Gasteiger partial charge on any atom is -0.390 e. The molecular formula is C11H14F3NO. The summed E-state index contributed by atoms with van der Waals surface area (Å²) in [5, 5.41) is 11.0. The third-order valence-corrected chi connectivity index (χ3v) is 2.27. The largest absolute Gasteiger partial charge is 0.390 e. The Hall–Kier alpha value is -1.07. The molecule has 0 aliphatic rings. The normalized spacial score (nSPS) is 13.8. The van der Waals surface area contributed by atoms with Crippen molar-refractivity contribution in [1.82, 2.24) is 5.32 Å². The highest BCUT2D eigenvalue weighted by atomic mass is 19.3. The van der Waals surface area contributed by atoms with Crippen LogP contribution in [0.15, 0.2) is 24.3 Å². The molecule has 0 spiro atoms. The second kappa shape index (κ2) is 5.32. The van der Waals surface area contributed by atoms with Crippen molar-refractivity contribution in [2.75, 3.05) is 13.2 Å². The van der Waals surface area contributed by atoms with E-state index in [1.54, 1.807) is 6.92 Å². The summed E-state index contributed by atoms with van der Waals surface area (Å²) in [5.74, 6) is -3.49. The molecule has 0 bridgehead atoms. The monoisotopic (exact) mass is 233 g/mol. The van der Waals surface area contributed by atoms with Crippen molar-refractivity contribution in [2.24, 2.45) is 0 Å². The number of nitrogens with one attached hydrogen (secondary N) is 1. The highest BCUT2D eigenvalue weighted by Gasteiger charge is 2.27. The average molecular weight is 233 g/mol. The fourth-order valence-corrected chi connectivity index (χ4v) is 1.23. The Morgan fingerprint density at radius 2 is 1.88 bits per heavy atom. The molecule has 0 saturated carbocycles. The predicted octanol–water partition coefficient (Wildman–Crippen LogP) is 2.10. The van der Waals surface area contributed by atoms with E-state index in [4.69, 9.17) is 5.11 Å². The van der Waals surface area contributed by atoms with Gasteiger partial charge in [-0.05, 0) is 24.6 Å². The van der Waals surface area contributed by atoms with E-state index in [0.717, 1.165) is 5.56 Å². The summed E-state index contributed by atoms with van der Waals surface area (Å²) in [5.41, 5.74) is 0.718. The molecule has 0 amide bonds. The molecule has 16 heavy (non-hydrogen) atoms. The number of aliphatic hydroxyl groups excluding tert-OH is 1. The van der Waals surface area contributed by atoms with Crippen LogP contribution >= 0.6 is 0 Å². The lowest BCUT2D eigenvalue weighted by atomic mass is 10.1. The van der Waals surface area contributed by atoms with Crippen molar-refractivity contribution in [1.29, 1.82) is 0 Å². The summed E-state index contributed by atoms with van der Waals surface area (Å²) < 4.78 is 38.0. The first-order valence-corrected chi connectivity index (χ1v) is 4.92. The fraction of sp³-hybridized carbons (Fsp3) is 0.455. The lowest BCUT2D eigenvalue weighted by Crippen LogP contribution is -2.37. The van der Waals surface area contributed by atoms with Crippen molar-refractivity contribution in [3.63, 3.8) is 0 Å². The predicted molar refractivity (Wildman–Crippen MR) is 54.9 cm³/mol. The van der Waals surface area contributed by atoms with E-state index in [0.29, 0.717) is 0 Å². The van der Waals surface area contributed by atoms with Crippen LogP contribution in [0.3, 0.4) is 0 Å². The Morgan fingerprint density at radius 1 is 1.31 bits per heavy atom. The van der Waals surface area contributed by atoms with Crippen molar-refractivity contribution in [3.05, 3.63) is 35.6 Å². The first-order chi connectivity index (χ1) is 7.44. The Labute approximate surface area is 92.1 Å². The standard InChI is InChI=1S/C11H14F3NO/c1-8(15-6-11(13,14)7-16)9-2-4-10(12)5-3-9/h2-5,8,15-16H,6-7H2,1H3. The highest BCUT2D eigenvalue weighted by Crippen LogP contribution is 2.16. The van der Waals surface area contributed by atoms with E-state index in [9.17, 15) is 13.2 Å². The summed E-state index contributed by atoms with van der Waals surface area (Å²) in [7, 11) is 0. The van der Waals surface area contributed by atoms with E-state index in [2.05, 4.69) is 5.32 Å². The van der Waals surface area contributed by atoms with Crippen molar-refractivity contribution >= 4 is 0 Å². The van der Waals surface area contributed by atoms with Gasteiger partial charge in [-0.15, -0.1) is 0 Å². The number of aliphatic hydroxyl groups is 1. The SMILES string of the molecule is CC(NCC(F)(F)CO)c1ccc(F)cc1. The van der Waals surface area contributed by atoms with Crippen molar-refractivity contribution in [2.45, 2.75) is 18.9 Å². The minimum absolute atomic E-state index is 0.321. The molecule has 1 unspecified atom stereocenters. The molecule has 0 radical (unpaired) electrons. The Balaban J connectivity index is 2.53. The fourth-order valence-electron chi connectivity index (χ4n) is 1.23. The quantitative estimate of drug-likeness (QED) is 0.816. The maximum absolute atomic E-state index is 12.7. The highest BCUT2D eigenvalue weighted by molar-refractivity contribution is 5.19. The second-order valence-corrected chi connectivity index (χ2v) is 3.67. The zero-order chi connectivity index (χ0) is 12.2. The number of hydrogen-bond donors (Lipinski definition) is 2. The summed E-state index contributed by atoms with van der Waals surface area (Å²) >= 11 is 0. The molecule has 0 fully saturated rings. The smallest absolute Gasteiger partial charge is 0.282 e. The van der Waals surface area contributed by atoms with Crippen LogP contribution in [0.1, 0.15) is 18.5 Å². The molecule has 0 aromatic heterocycles. The van der Waals surface area contributed by atoms with Crippen LogP contribution in [0.4, 0.5) is 13.2 Å². The van der Waals surface area contributed by atoms with E-state index in [1.807, 2.05) is 0 Å². The van der Waals surface area contributed by atoms with Crippen LogP contribution in [0.25, 0.3) is 0 Å². The summed E-state index contributed by atoms with van der Waals surface area (Å²) in [6.07, 6.45) is 0. The Kier molecular flexibility index (Phi) is 4.32. The van der Waals surface area contributed by atoms with Crippen LogP contribution in [0.2, 0.25) is 0 Å². The van der Waals surface area contributed by atoms with Gasteiger partial charge in [0, 0.05) is 6.04 Å². The maximum Gasteiger partial charge on any atom is 0.282 e. The number of halogens is 3. The molecule has 2 nitrogen and oxygen atoms in total. The van der Waals surface area contributed by atoms with Crippen molar-refractivity contribution < 1.29 is 18.3 Å². The summed E-state index contributed by atoms with van der Waals surface area (Å²) in [4.78, 5) is 0. The molecule has 1 atom stereocenters. The van der Waals surface area contributed by atoms with Crippen molar-refractivity contribution in [3.8, 4) is 0 Å². The molecule has 5 heteroatoms. The lowest BCUT2D eigenvalue weighted by Gasteiger charge is -2.19. The molecule has 90 valence electrons. The van der Waals surface area contributed by atoms with Crippen LogP contribution in [0.5, 0.6) is 0 Å². The van der Waals surface area contributed by atoms with Crippen LogP contribution in [-0.2, 0) is 0 Å². The Morgan fingerprint density at radius 3 is 2.38 bits per heavy atom. The Bertz CT molecular complexity index is 327. The molecule has 1 aromatic rings. The summed E-state index contributed by atoms with van der Waals surface area (Å²) in [6, 6.07) is 5.29. The lowest BCUT2D eigenvalue weighted by molar-refractivity contribution is -0.0490. The van der Waals surface area contributed by atoms with Gasteiger partial charge in [-0.3, -0.25) is 0 Å². The minimum atomic E-state index is -3.13. The molecule has 1 aromatic carbocycles. The second-order valence-electron chi connectivity index (χ2n) is 3.67. The van der Waals surface area contributed by atoms with Crippen LogP contribution in [0, 0.1) is 5.82 Å². The van der Waals surface area contributed by atoms with E-state index >= 15 is 0 Å². The third-order valence-electron chi connectivity index (χ3n) is 2.27. The van der Waals surface area contributed by atoms with E-state index in [1.165, 1.54) is 24.3 Å². The third kappa shape index (κ3) is 3.83. The topological polar surface area (TPSA) is 32.3 Å². The van der Waals surface area contributed by atoms with Gasteiger partial charge in [0.25, 0.3) is 5.92 Å². The van der Waals surface area contributed by atoms with E-state index in [-0.39, 0.29) is 11.9 Å². The zero-order valence-electron chi connectivity index (χ0n) is 8.88. The van der Waals surface area contributed by atoms with Crippen LogP contribution in [-0.4, -0.2) is 24.2 Å². The van der Waals surface area contributed by atoms with Gasteiger partial charge in [0.15, 0.2) is 0 Å². The molecule has 2 N–H and O–H groups in total. The molecule has 1 rings (SSSR count). The number of benzene rings is 1. The average Bonchev–Trinajstić information content (AvgIpc) is 2.27. The zero-order valence-corrected chi connectivity index (χ0v) is 8.88. The molecule has 0 saturated heterocycles. The van der Waals surface area contributed by atoms with Gasteiger partial charge in [0.1, 0.15) is 12.4 Å². The first kappa shape index (κ1) is 13.0. The van der Waals surface area contributed by atoms with E-state index < -0.39 is 19.1 Å². The van der Waals surface area contributed by atoms with Gasteiger partial charge >= 0.3 is 0 Å². The molecule has 0 heterocycles. The van der Waals surface area contributed by atoms with Gasteiger partial charge in [-0.2, -0.15) is 0 Å². The van der Waals surface area contributed by atoms with Gasteiger partial charge in [-0.1, -0.05) is 12.1 Å². The number of alkyl halides is 2. The summed E-state index contributed by atoms with van der Waals surface area (Å²) in [6.45, 7) is -0.0983. The maximum atomic E-state index is 12.7. The van der Waals surface area contributed by atoms with Gasteiger partial charge in [0.05, 0.1) is 6.54 Å². The first-order valence-electron chi connectivity index (χ1n) is 4.92.